The van der Waals surface area contributed by atoms with Crippen molar-refractivity contribution in [3.8, 4) is 0 Å². The van der Waals surface area contributed by atoms with Crippen LogP contribution in [0.2, 0.25) is 0 Å². The van der Waals surface area contributed by atoms with Crippen molar-refractivity contribution in [3.05, 3.63) is 12.7 Å². The second kappa shape index (κ2) is 6.35. The lowest BCUT2D eigenvalue weighted by Crippen LogP contribution is -2.41. The Kier molecular flexibility index (Phi) is 5.85. The first kappa shape index (κ1) is 14.7. The Bertz CT molecular complexity index is 274. The number of hydrogen-bond acceptors (Lipinski definition) is 3. The van der Waals surface area contributed by atoms with Crippen molar-refractivity contribution >= 4 is 11.8 Å². The molecule has 0 heterocycles. The molecule has 1 unspecified atom stereocenters. The third-order valence-electron chi connectivity index (χ3n) is 2.11. The van der Waals surface area contributed by atoms with Gasteiger partial charge in [0.2, 0.25) is 0 Å². The lowest BCUT2D eigenvalue weighted by atomic mass is 9.93. The molecule has 0 aliphatic carbocycles. The minimum atomic E-state index is -3.73. The first-order valence-electron chi connectivity index (χ1n) is 5.13. The van der Waals surface area contributed by atoms with Gasteiger partial charge in [0.25, 0.3) is 0 Å². The van der Waals surface area contributed by atoms with Crippen molar-refractivity contribution in [2.45, 2.75) is 32.6 Å². The summed E-state index contributed by atoms with van der Waals surface area (Å²) in [4.78, 5) is 22.1. The van der Waals surface area contributed by atoms with E-state index >= 15 is 0 Å². The summed E-state index contributed by atoms with van der Waals surface area (Å²) in [7, 11) is 0. The Morgan fingerprint density at radius 3 is 2.38 bits per heavy atom. The van der Waals surface area contributed by atoms with Crippen LogP contribution < -0.4 is 0 Å². The zero-order chi connectivity index (χ0) is 12.8. The molecule has 0 amide bonds. The molecule has 0 saturated carbocycles. The molecular weight excluding hydrogens is 218 g/mol. The number of Topliss-reactive ketones (excluding diaryl/α,β-unsaturated/α-hetero) is 1. The summed E-state index contributed by atoms with van der Waals surface area (Å²) >= 11 is 0. The summed E-state index contributed by atoms with van der Waals surface area (Å²) in [5, 5.41) is 0. The van der Waals surface area contributed by atoms with Gasteiger partial charge >= 0.3 is 17.7 Å². The number of carbonyl (C=O) groups excluding carboxylic acids is 2. The Balaban J connectivity index is 4.80. The largest absolute Gasteiger partial charge is 0.460 e. The normalized spacial score (nSPS) is 13.0. The quantitative estimate of drug-likeness (QED) is 0.386. The molecule has 92 valence electrons. The predicted octanol–water partition coefficient (Wildman–Crippen LogP) is 2.36. The van der Waals surface area contributed by atoms with Crippen LogP contribution in [0.1, 0.15) is 26.7 Å². The zero-order valence-electron chi connectivity index (χ0n) is 9.46. The predicted molar refractivity (Wildman–Crippen MR) is 55.2 cm³/mol. The number of halogens is 2. The van der Waals surface area contributed by atoms with Crippen LogP contribution >= 0.6 is 0 Å². The molecule has 1 atom stereocenters. The van der Waals surface area contributed by atoms with E-state index < -0.39 is 23.6 Å². The Morgan fingerprint density at radius 2 is 2.00 bits per heavy atom. The summed E-state index contributed by atoms with van der Waals surface area (Å²) in [6, 6.07) is 0. The highest BCUT2D eigenvalue weighted by Gasteiger charge is 2.49. The minimum Gasteiger partial charge on any atom is -0.460 e. The maximum Gasteiger partial charge on any atom is 0.381 e. The average molecular weight is 234 g/mol. The lowest BCUT2D eigenvalue weighted by molar-refractivity contribution is -0.169. The minimum absolute atomic E-state index is 0.0989. The average Bonchev–Trinajstić information content (AvgIpc) is 2.24. The molecule has 0 aromatic heterocycles. The molecule has 0 spiro atoms. The standard InChI is InChI=1S/C11H16F2O3/c1-4-7-8(5-2)11(12,13)9(14)10(15)16-6-3/h5,8H,2,4,6-7H2,1,3H3. The van der Waals surface area contributed by atoms with Crippen LogP contribution in [-0.4, -0.2) is 24.3 Å². The molecule has 0 N–H and O–H groups in total. The van der Waals surface area contributed by atoms with Crippen molar-refractivity contribution in [3.63, 3.8) is 0 Å². The molecule has 3 nitrogen and oxygen atoms in total. The topological polar surface area (TPSA) is 43.4 Å². The van der Waals surface area contributed by atoms with Gasteiger partial charge in [-0.05, 0) is 13.3 Å². The molecule has 5 heteroatoms. The van der Waals surface area contributed by atoms with E-state index in [0.717, 1.165) is 6.08 Å². The SMILES string of the molecule is C=CC(CCC)C(F)(F)C(=O)C(=O)OCC. The van der Waals surface area contributed by atoms with Crippen molar-refractivity contribution in [2.24, 2.45) is 5.92 Å². The maximum atomic E-state index is 13.5. The monoisotopic (exact) mass is 234 g/mol. The molecule has 0 rings (SSSR count). The number of ketones is 1. The molecule has 0 aliphatic rings. The lowest BCUT2D eigenvalue weighted by Gasteiger charge is -2.21. The van der Waals surface area contributed by atoms with Crippen molar-refractivity contribution < 1.29 is 23.1 Å². The van der Waals surface area contributed by atoms with E-state index in [1.165, 1.54) is 6.92 Å². The molecule has 0 aromatic carbocycles. The number of esters is 1. The Hall–Kier alpha value is -1.26. The molecule has 0 fully saturated rings. The number of carbonyl (C=O) groups is 2. The van der Waals surface area contributed by atoms with E-state index in [9.17, 15) is 18.4 Å². The van der Waals surface area contributed by atoms with Gasteiger partial charge in [0.05, 0.1) is 6.61 Å². The van der Waals surface area contributed by atoms with Gasteiger partial charge in [0, 0.05) is 5.92 Å². The smallest absolute Gasteiger partial charge is 0.381 e. The van der Waals surface area contributed by atoms with Crippen LogP contribution in [0.25, 0.3) is 0 Å². The van der Waals surface area contributed by atoms with E-state index in [2.05, 4.69) is 11.3 Å². The van der Waals surface area contributed by atoms with Crippen molar-refractivity contribution in [1.29, 1.82) is 0 Å². The highest BCUT2D eigenvalue weighted by atomic mass is 19.3. The van der Waals surface area contributed by atoms with Gasteiger partial charge in [-0.3, -0.25) is 4.79 Å². The Morgan fingerprint density at radius 1 is 1.44 bits per heavy atom. The molecule has 0 radical (unpaired) electrons. The highest BCUT2D eigenvalue weighted by molar-refractivity contribution is 6.36. The number of hydrogen-bond donors (Lipinski definition) is 0. The van der Waals surface area contributed by atoms with Crippen LogP contribution in [-0.2, 0) is 14.3 Å². The van der Waals surface area contributed by atoms with Gasteiger partial charge in [0.1, 0.15) is 0 Å². The molecule has 16 heavy (non-hydrogen) atoms. The first-order chi connectivity index (χ1) is 7.41. The second-order valence-electron chi connectivity index (χ2n) is 3.30. The summed E-state index contributed by atoms with van der Waals surface area (Å²) in [6.45, 7) is 6.30. The fourth-order valence-corrected chi connectivity index (χ4v) is 1.26. The maximum absolute atomic E-state index is 13.5. The van der Waals surface area contributed by atoms with Crippen molar-refractivity contribution in [1.82, 2.24) is 0 Å². The number of ether oxygens (including phenoxy) is 1. The highest BCUT2D eigenvalue weighted by Crippen LogP contribution is 2.30. The summed E-state index contributed by atoms with van der Waals surface area (Å²) < 4.78 is 31.3. The molecular formula is C11H16F2O3. The van der Waals surface area contributed by atoms with Crippen LogP contribution in [0.4, 0.5) is 8.78 Å². The van der Waals surface area contributed by atoms with E-state index in [4.69, 9.17) is 0 Å². The fourth-order valence-electron chi connectivity index (χ4n) is 1.26. The summed E-state index contributed by atoms with van der Waals surface area (Å²) in [6.07, 6.45) is 1.57. The van der Waals surface area contributed by atoms with Gasteiger partial charge in [0.15, 0.2) is 0 Å². The Labute approximate surface area is 93.5 Å². The van der Waals surface area contributed by atoms with Gasteiger partial charge in [-0.1, -0.05) is 19.4 Å². The first-order valence-corrected chi connectivity index (χ1v) is 5.13. The third-order valence-corrected chi connectivity index (χ3v) is 2.11. The number of allylic oxidation sites excluding steroid dienone is 1. The zero-order valence-corrected chi connectivity index (χ0v) is 9.46. The van der Waals surface area contributed by atoms with Crippen LogP contribution in [0.3, 0.4) is 0 Å². The van der Waals surface area contributed by atoms with E-state index in [1.807, 2.05) is 0 Å². The van der Waals surface area contributed by atoms with Crippen LogP contribution in [0.15, 0.2) is 12.7 Å². The van der Waals surface area contributed by atoms with Gasteiger partial charge in [-0.2, -0.15) is 8.78 Å². The summed E-state index contributed by atoms with van der Waals surface area (Å²) in [5.74, 6) is -8.35. The number of alkyl halides is 2. The van der Waals surface area contributed by atoms with Gasteiger partial charge < -0.3 is 4.74 Å². The molecule has 0 aromatic rings. The van der Waals surface area contributed by atoms with E-state index in [-0.39, 0.29) is 13.0 Å². The second-order valence-corrected chi connectivity index (χ2v) is 3.30. The van der Waals surface area contributed by atoms with Gasteiger partial charge in [-0.15, -0.1) is 6.58 Å². The van der Waals surface area contributed by atoms with E-state index in [1.54, 1.807) is 6.92 Å². The number of rotatable bonds is 7. The molecule has 0 bridgehead atoms. The van der Waals surface area contributed by atoms with E-state index in [0.29, 0.717) is 6.42 Å². The fraction of sp³-hybridized carbons (Fsp3) is 0.636. The van der Waals surface area contributed by atoms with Crippen LogP contribution in [0.5, 0.6) is 0 Å². The van der Waals surface area contributed by atoms with Crippen molar-refractivity contribution in [2.75, 3.05) is 6.61 Å². The third kappa shape index (κ3) is 3.40. The summed E-state index contributed by atoms with van der Waals surface area (Å²) in [5.41, 5.74) is 0. The van der Waals surface area contributed by atoms with Gasteiger partial charge in [-0.25, -0.2) is 4.79 Å². The van der Waals surface area contributed by atoms with Crippen LogP contribution in [0, 0.1) is 5.92 Å². The molecule has 0 saturated heterocycles. The molecule has 0 aliphatic heterocycles.